The Bertz CT molecular complexity index is 777. The van der Waals surface area contributed by atoms with Crippen molar-refractivity contribution in [2.24, 2.45) is 5.10 Å². The summed E-state index contributed by atoms with van der Waals surface area (Å²) in [7, 11) is 0. The lowest BCUT2D eigenvalue weighted by Crippen LogP contribution is -2.17. The highest BCUT2D eigenvalue weighted by atomic mass is 16.6. The fraction of sp³-hybridized carbons (Fsp3) is 0.133. The Balaban J connectivity index is 2.21. The number of nitrogens with one attached hydrogen (secondary N) is 1. The van der Waals surface area contributed by atoms with Crippen LogP contribution in [-0.2, 0) is 0 Å². The van der Waals surface area contributed by atoms with Gasteiger partial charge in [-0.2, -0.15) is 5.10 Å². The number of aromatic nitrogens is 1. The van der Waals surface area contributed by atoms with Gasteiger partial charge in [0.15, 0.2) is 11.5 Å². The van der Waals surface area contributed by atoms with Crippen LogP contribution in [0.5, 0.6) is 11.5 Å². The Labute approximate surface area is 136 Å². The number of carbonyl (C=O) groups is 1. The Morgan fingerprint density at radius 3 is 2.96 bits per heavy atom. The van der Waals surface area contributed by atoms with Gasteiger partial charge in [0.05, 0.1) is 29.4 Å². The Morgan fingerprint density at radius 2 is 2.33 bits per heavy atom. The predicted octanol–water partition coefficient (Wildman–Crippen LogP) is 1.86. The van der Waals surface area contributed by atoms with E-state index < -0.39 is 10.8 Å². The average molecular weight is 330 g/mol. The normalized spacial score (nSPS) is 10.5. The van der Waals surface area contributed by atoms with Gasteiger partial charge in [-0.25, -0.2) is 5.43 Å². The summed E-state index contributed by atoms with van der Waals surface area (Å²) in [4.78, 5) is 25.9. The van der Waals surface area contributed by atoms with Gasteiger partial charge in [-0.1, -0.05) is 0 Å². The number of non-ortho nitro benzene ring substituents is 1. The van der Waals surface area contributed by atoms with E-state index in [9.17, 15) is 20.0 Å². The number of hydrogen-bond acceptors (Lipinski definition) is 7. The first-order valence-corrected chi connectivity index (χ1v) is 6.90. The van der Waals surface area contributed by atoms with E-state index in [2.05, 4.69) is 15.5 Å². The predicted molar refractivity (Wildman–Crippen MR) is 85.2 cm³/mol. The van der Waals surface area contributed by atoms with Crippen LogP contribution in [0.1, 0.15) is 22.8 Å². The Kier molecular flexibility index (Phi) is 5.40. The van der Waals surface area contributed by atoms with E-state index in [4.69, 9.17) is 4.74 Å². The third kappa shape index (κ3) is 4.03. The first-order valence-electron chi connectivity index (χ1n) is 6.90. The second-order valence-electron chi connectivity index (χ2n) is 4.51. The molecule has 0 saturated heterocycles. The van der Waals surface area contributed by atoms with Gasteiger partial charge < -0.3 is 9.84 Å². The topological polar surface area (TPSA) is 127 Å². The second kappa shape index (κ2) is 7.68. The fourth-order valence-corrected chi connectivity index (χ4v) is 1.81. The van der Waals surface area contributed by atoms with E-state index in [1.165, 1.54) is 12.4 Å². The lowest BCUT2D eigenvalue weighted by Gasteiger charge is -2.07. The minimum absolute atomic E-state index is 0.0354. The number of aromatic hydroxyl groups is 1. The van der Waals surface area contributed by atoms with Crippen molar-refractivity contribution in [3.8, 4) is 11.5 Å². The van der Waals surface area contributed by atoms with Gasteiger partial charge in [-0.15, -0.1) is 0 Å². The highest BCUT2D eigenvalue weighted by Crippen LogP contribution is 2.33. The summed E-state index contributed by atoms with van der Waals surface area (Å²) in [5.41, 5.74) is 2.32. The first kappa shape index (κ1) is 16.9. The number of amides is 1. The van der Waals surface area contributed by atoms with Crippen LogP contribution in [0.15, 0.2) is 41.8 Å². The van der Waals surface area contributed by atoms with Crippen molar-refractivity contribution < 1.29 is 19.6 Å². The number of carbonyl (C=O) groups excluding carboxylic acids is 1. The zero-order valence-corrected chi connectivity index (χ0v) is 12.7. The smallest absolute Gasteiger partial charge is 0.274 e. The molecule has 0 aliphatic rings. The van der Waals surface area contributed by atoms with Crippen LogP contribution in [0.3, 0.4) is 0 Å². The number of rotatable bonds is 6. The lowest BCUT2D eigenvalue weighted by atomic mass is 10.1. The van der Waals surface area contributed by atoms with E-state index in [0.29, 0.717) is 5.56 Å². The molecular formula is C15H14N4O5. The number of benzene rings is 1. The van der Waals surface area contributed by atoms with Crippen LogP contribution < -0.4 is 10.2 Å². The van der Waals surface area contributed by atoms with Crippen LogP contribution in [-0.4, -0.2) is 33.7 Å². The van der Waals surface area contributed by atoms with Crippen LogP contribution in [0.2, 0.25) is 0 Å². The number of phenolic OH excluding ortho intramolecular Hbond substituents is 1. The molecule has 0 bridgehead atoms. The second-order valence-corrected chi connectivity index (χ2v) is 4.51. The summed E-state index contributed by atoms with van der Waals surface area (Å²) in [5, 5.41) is 24.7. The molecule has 0 atom stereocenters. The number of nitrogens with zero attached hydrogens (tertiary/aromatic N) is 3. The molecule has 0 aliphatic heterocycles. The van der Waals surface area contributed by atoms with Gasteiger partial charge in [-0.05, 0) is 19.1 Å². The van der Waals surface area contributed by atoms with Crippen molar-refractivity contribution in [1.82, 2.24) is 10.4 Å². The highest BCUT2D eigenvalue weighted by molar-refractivity contribution is 5.95. The van der Waals surface area contributed by atoms with Crippen LogP contribution in [0.25, 0.3) is 0 Å². The van der Waals surface area contributed by atoms with Crippen molar-refractivity contribution in [2.75, 3.05) is 6.61 Å². The Morgan fingerprint density at radius 1 is 1.54 bits per heavy atom. The molecule has 1 aromatic heterocycles. The molecule has 124 valence electrons. The molecule has 2 aromatic rings. The Hall–Kier alpha value is -3.49. The van der Waals surface area contributed by atoms with E-state index >= 15 is 0 Å². The van der Waals surface area contributed by atoms with E-state index in [1.54, 1.807) is 19.1 Å². The van der Waals surface area contributed by atoms with E-state index in [-0.39, 0.29) is 29.4 Å². The van der Waals surface area contributed by atoms with Gasteiger partial charge in [0.25, 0.3) is 11.6 Å². The van der Waals surface area contributed by atoms with Gasteiger partial charge in [0, 0.05) is 24.0 Å². The number of ether oxygens (including phenoxy) is 1. The maximum atomic E-state index is 11.8. The van der Waals surface area contributed by atoms with Gasteiger partial charge in [0.1, 0.15) is 0 Å². The summed E-state index contributed by atoms with van der Waals surface area (Å²) in [6, 6.07) is 5.39. The first-order chi connectivity index (χ1) is 11.5. The molecule has 0 spiro atoms. The molecule has 2 N–H and O–H groups in total. The van der Waals surface area contributed by atoms with Gasteiger partial charge >= 0.3 is 0 Å². The van der Waals surface area contributed by atoms with Crippen molar-refractivity contribution in [2.45, 2.75) is 6.92 Å². The summed E-state index contributed by atoms with van der Waals surface area (Å²) < 4.78 is 5.15. The summed E-state index contributed by atoms with van der Waals surface area (Å²) in [5.74, 6) is -0.845. The molecule has 1 aromatic carbocycles. The standard InChI is InChI=1S/C15H14N4O5/c1-2-24-13-7-12(19(22)23)6-11(14(13)20)9-17-18-15(21)10-4-3-5-16-8-10/h3-9,20H,2H2,1H3,(H,18,21). The molecule has 0 radical (unpaired) electrons. The van der Waals surface area contributed by atoms with Crippen molar-refractivity contribution in [3.63, 3.8) is 0 Å². The van der Waals surface area contributed by atoms with E-state index in [1.807, 2.05) is 0 Å². The molecule has 0 fully saturated rings. The number of nitro benzene ring substituents is 1. The third-order valence-corrected chi connectivity index (χ3v) is 2.89. The third-order valence-electron chi connectivity index (χ3n) is 2.89. The number of nitro groups is 1. The molecular weight excluding hydrogens is 316 g/mol. The fourth-order valence-electron chi connectivity index (χ4n) is 1.81. The largest absolute Gasteiger partial charge is 0.504 e. The molecule has 1 amide bonds. The molecule has 0 aliphatic carbocycles. The number of phenols is 1. The maximum Gasteiger partial charge on any atom is 0.274 e. The van der Waals surface area contributed by atoms with Crippen LogP contribution in [0.4, 0.5) is 5.69 Å². The summed E-state index contributed by atoms with van der Waals surface area (Å²) in [6.45, 7) is 1.91. The van der Waals surface area contributed by atoms with Crippen LogP contribution >= 0.6 is 0 Å². The average Bonchev–Trinajstić information content (AvgIpc) is 2.58. The molecule has 9 nitrogen and oxygen atoms in total. The van der Waals surface area contributed by atoms with Crippen molar-refractivity contribution in [3.05, 3.63) is 57.9 Å². The number of hydrogen-bond donors (Lipinski definition) is 2. The van der Waals surface area contributed by atoms with Crippen molar-refractivity contribution >= 4 is 17.8 Å². The van der Waals surface area contributed by atoms with Crippen LogP contribution in [0, 0.1) is 10.1 Å². The summed E-state index contributed by atoms with van der Waals surface area (Å²) >= 11 is 0. The minimum Gasteiger partial charge on any atom is -0.504 e. The zero-order chi connectivity index (χ0) is 17.5. The van der Waals surface area contributed by atoms with E-state index in [0.717, 1.165) is 18.3 Å². The molecule has 9 heteroatoms. The SMILES string of the molecule is CCOc1cc([N+](=O)[O-])cc(C=NNC(=O)c2cccnc2)c1O. The molecule has 2 rings (SSSR count). The van der Waals surface area contributed by atoms with Gasteiger partial charge in [0.2, 0.25) is 0 Å². The molecule has 1 heterocycles. The lowest BCUT2D eigenvalue weighted by molar-refractivity contribution is -0.385. The number of hydrazone groups is 1. The minimum atomic E-state index is -0.618. The summed E-state index contributed by atoms with van der Waals surface area (Å²) in [6.07, 6.45) is 3.98. The molecule has 24 heavy (non-hydrogen) atoms. The monoisotopic (exact) mass is 330 g/mol. The van der Waals surface area contributed by atoms with Gasteiger partial charge in [-0.3, -0.25) is 19.9 Å². The molecule has 0 saturated carbocycles. The zero-order valence-electron chi connectivity index (χ0n) is 12.7. The maximum absolute atomic E-state index is 11.8. The number of pyridine rings is 1. The van der Waals surface area contributed by atoms with Crippen molar-refractivity contribution in [1.29, 1.82) is 0 Å². The highest BCUT2D eigenvalue weighted by Gasteiger charge is 2.16. The molecule has 0 unspecified atom stereocenters. The quantitative estimate of drug-likeness (QED) is 0.473.